The zero-order valence-corrected chi connectivity index (χ0v) is 8.72. The van der Waals surface area contributed by atoms with Crippen LogP contribution in [0.25, 0.3) is 0 Å². The smallest absolute Gasteiger partial charge is 0.125 e. The highest BCUT2D eigenvalue weighted by atomic mass is 15.3. The summed E-state index contributed by atoms with van der Waals surface area (Å²) in [6.45, 7) is 1.87. The van der Waals surface area contributed by atoms with E-state index in [1.165, 1.54) is 0 Å². The van der Waals surface area contributed by atoms with Crippen LogP contribution in [0.3, 0.4) is 0 Å². The van der Waals surface area contributed by atoms with Crippen molar-refractivity contribution in [2.24, 2.45) is 0 Å². The predicted octanol–water partition coefficient (Wildman–Crippen LogP) is 0.550. The van der Waals surface area contributed by atoms with Crippen molar-refractivity contribution >= 4 is 0 Å². The van der Waals surface area contributed by atoms with Gasteiger partial charge in [0.15, 0.2) is 0 Å². The summed E-state index contributed by atoms with van der Waals surface area (Å²) >= 11 is 0. The quantitative estimate of drug-likeness (QED) is 0.777. The summed E-state index contributed by atoms with van der Waals surface area (Å²) in [5.74, 6) is 0. The number of nitrogens with one attached hydrogen (secondary N) is 1. The van der Waals surface area contributed by atoms with E-state index in [1.54, 1.807) is 12.4 Å². The summed E-state index contributed by atoms with van der Waals surface area (Å²) in [5.41, 5.74) is 0.981. The van der Waals surface area contributed by atoms with Gasteiger partial charge in [0.1, 0.15) is 6.04 Å². The minimum atomic E-state index is -0.150. The molecule has 0 aromatic carbocycles. The maximum absolute atomic E-state index is 9.13. The number of nitrogens with zero attached hydrogens (tertiary/aromatic N) is 3. The number of hydrogen-bond acceptors (Lipinski definition) is 4. The van der Waals surface area contributed by atoms with Crippen molar-refractivity contribution in [1.29, 1.82) is 5.26 Å². The molecule has 4 nitrogen and oxygen atoms in total. The van der Waals surface area contributed by atoms with Crippen LogP contribution in [0.1, 0.15) is 11.6 Å². The minimum absolute atomic E-state index is 0.150. The molecule has 1 atom stereocenters. The van der Waals surface area contributed by atoms with Crippen LogP contribution in [0.2, 0.25) is 0 Å². The van der Waals surface area contributed by atoms with Crippen molar-refractivity contribution in [1.82, 2.24) is 15.2 Å². The first-order valence-corrected chi connectivity index (χ1v) is 5.06. The van der Waals surface area contributed by atoms with E-state index in [0.717, 1.165) is 18.7 Å². The van der Waals surface area contributed by atoms with Crippen LogP contribution in [0.15, 0.2) is 24.5 Å². The minimum Gasteiger partial charge on any atom is -0.315 e. The lowest BCUT2D eigenvalue weighted by Gasteiger charge is -2.41. The average molecular weight is 202 g/mol. The van der Waals surface area contributed by atoms with Crippen LogP contribution in [0.5, 0.6) is 0 Å². The second kappa shape index (κ2) is 4.39. The Labute approximate surface area is 89.5 Å². The Morgan fingerprint density at radius 3 is 3.00 bits per heavy atom. The first-order valence-electron chi connectivity index (χ1n) is 5.06. The molecule has 15 heavy (non-hydrogen) atoms. The van der Waals surface area contributed by atoms with Gasteiger partial charge in [-0.2, -0.15) is 5.26 Å². The van der Waals surface area contributed by atoms with Crippen molar-refractivity contribution in [2.45, 2.75) is 12.1 Å². The lowest BCUT2D eigenvalue weighted by atomic mass is 10.0. The molecule has 1 N–H and O–H groups in total. The van der Waals surface area contributed by atoms with Gasteiger partial charge in [0.25, 0.3) is 0 Å². The number of nitriles is 1. The van der Waals surface area contributed by atoms with E-state index in [4.69, 9.17) is 5.26 Å². The standard InChI is InChI=1S/C11H14N4/c1-13-10-7-15(8-10)11(5-12)9-3-2-4-14-6-9/h2-4,6,10-11,13H,7-8H2,1H3/t11-/m0/s1. The normalized spacial score (nSPS) is 19.2. The molecule has 1 aliphatic heterocycles. The van der Waals surface area contributed by atoms with Crippen LogP contribution >= 0.6 is 0 Å². The van der Waals surface area contributed by atoms with Crippen molar-refractivity contribution in [2.75, 3.05) is 20.1 Å². The van der Waals surface area contributed by atoms with E-state index in [9.17, 15) is 0 Å². The molecule has 0 amide bonds. The van der Waals surface area contributed by atoms with Crippen molar-refractivity contribution < 1.29 is 0 Å². The van der Waals surface area contributed by atoms with Gasteiger partial charge in [-0.1, -0.05) is 6.07 Å². The number of aromatic nitrogens is 1. The maximum atomic E-state index is 9.13. The first-order chi connectivity index (χ1) is 7.35. The van der Waals surface area contributed by atoms with Crippen molar-refractivity contribution in [3.8, 4) is 6.07 Å². The fourth-order valence-corrected chi connectivity index (χ4v) is 1.81. The lowest BCUT2D eigenvalue weighted by Crippen LogP contribution is -2.57. The molecule has 4 heteroatoms. The number of rotatable bonds is 3. The molecule has 1 aromatic rings. The summed E-state index contributed by atoms with van der Waals surface area (Å²) in [6, 6.07) is 6.52. The summed E-state index contributed by atoms with van der Waals surface area (Å²) in [4.78, 5) is 6.19. The van der Waals surface area contributed by atoms with Gasteiger partial charge in [0.2, 0.25) is 0 Å². The van der Waals surface area contributed by atoms with Crippen LogP contribution in [0.4, 0.5) is 0 Å². The van der Waals surface area contributed by atoms with Gasteiger partial charge in [-0.05, 0) is 13.1 Å². The van der Waals surface area contributed by atoms with Crippen LogP contribution in [0, 0.1) is 11.3 Å². The summed E-state index contributed by atoms with van der Waals surface area (Å²) in [7, 11) is 1.95. The SMILES string of the molecule is CNC1CN([C@@H](C#N)c2cccnc2)C1. The molecule has 1 saturated heterocycles. The molecule has 78 valence electrons. The third-order valence-corrected chi connectivity index (χ3v) is 2.81. The Morgan fingerprint density at radius 1 is 1.67 bits per heavy atom. The van der Waals surface area contributed by atoms with Crippen LogP contribution < -0.4 is 5.32 Å². The van der Waals surface area contributed by atoms with Gasteiger partial charge in [-0.3, -0.25) is 9.88 Å². The number of likely N-dealkylation sites (N-methyl/N-ethyl adjacent to an activating group) is 1. The Kier molecular flexibility index (Phi) is 2.95. The van der Waals surface area contributed by atoms with Gasteiger partial charge in [0.05, 0.1) is 6.07 Å². The number of likely N-dealkylation sites (tertiary alicyclic amines) is 1. The highest BCUT2D eigenvalue weighted by Crippen LogP contribution is 2.24. The second-order valence-corrected chi connectivity index (χ2v) is 3.76. The zero-order valence-electron chi connectivity index (χ0n) is 8.72. The summed E-state index contributed by atoms with van der Waals surface area (Å²) < 4.78 is 0. The van der Waals surface area contributed by atoms with Crippen molar-refractivity contribution in [3.63, 3.8) is 0 Å². The lowest BCUT2D eigenvalue weighted by molar-refractivity contribution is 0.104. The first kappa shape index (κ1) is 10.1. The van der Waals surface area contributed by atoms with E-state index in [-0.39, 0.29) is 6.04 Å². The van der Waals surface area contributed by atoms with Crippen molar-refractivity contribution in [3.05, 3.63) is 30.1 Å². The molecule has 0 radical (unpaired) electrons. The van der Waals surface area contributed by atoms with Gasteiger partial charge < -0.3 is 5.32 Å². The van der Waals surface area contributed by atoms with Crippen LogP contribution in [-0.4, -0.2) is 36.1 Å². The molecule has 2 rings (SSSR count). The molecule has 2 heterocycles. The molecule has 0 saturated carbocycles. The fraction of sp³-hybridized carbons (Fsp3) is 0.455. The second-order valence-electron chi connectivity index (χ2n) is 3.76. The molecule has 0 aliphatic carbocycles. The Bertz CT molecular complexity index is 351. The molecule has 0 bridgehead atoms. The monoisotopic (exact) mass is 202 g/mol. The highest BCUT2D eigenvalue weighted by molar-refractivity contribution is 5.21. The third-order valence-electron chi connectivity index (χ3n) is 2.81. The third kappa shape index (κ3) is 1.99. The molecule has 0 spiro atoms. The molecule has 1 aliphatic rings. The number of hydrogen-bond donors (Lipinski definition) is 1. The van der Waals surface area contributed by atoms with E-state index in [1.807, 2.05) is 19.2 Å². The zero-order chi connectivity index (χ0) is 10.7. The summed E-state index contributed by atoms with van der Waals surface area (Å²) in [6.07, 6.45) is 3.49. The largest absolute Gasteiger partial charge is 0.315 e. The maximum Gasteiger partial charge on any atom is 0.125 e. The van der Waals surface area contributed by atoms with Gasteiger partial charge in [-0.15, -0.1) is 0 Å². The van der Waals surface area contributed by atoms with Gasteiger partial charge in [0, 0.05) is 37.1 Å². The molecular weight excluding hydrogens is 188 g/mol. The Hall–Kier alpha value is -1.44. The highest BCUT2D eigenvalue weighted by Gasteiger charge is 2.32. The van der Waals surface area contributed by atoms with E-state index < -0.39 is 0 Å². The number of pyridine rings is 1. The van der Waals surface area contributed by atoms with Crippen LogP contribution in [-0.2, 0) is 0 Å². The Morgan fingerprint density at radius 2 is 2.47 bits per heavy atom. The van der Waals surface area contributed by atoms with Gasteiger partial charge >= 0.3 is 0 Å². The fourth-order valence-electron chi connectivity index (χ4n) is 1.81. The average Bonchev–Trinajstić information content (AvgIpc) is 2.24. The molecular formula is C11H14N4. The topological polar surface area (TPSA) is 52.0 Å². The predicted molar refractivity (Wildman–Crippen MR) is 57.0 cm³/mol. The molecule has 1 aromatic heterocycles. The summed E-state index contributed by atoms with van der Waals surface area (Å²) in [5, 5.41) is 12.3. The van der Waals surface area contributed by atoms with E-state index in [2.05, 4.69) is 21.3 Å². The van der Waals surface area contributed by atoms with E-state index >= 15 is 0 Å². The van der Waals surface area contributed by atoms with Gasteiger partial charge in [-0.25, -0.2) is 0 Å². The molecule has 1 fully saturated rings. The Balaban J connectivity index is 2.04. The molecule has 0 unspecified atom stereocenters. The van der Waals surface area contributed by atoms with E-state index in [0.29, 0.717) is 6.04 Å².